The SMILES string of the molecule is CCCN1CCC(=O)C12CCN(C(=O)OC(C)(C)C)CC2. The molecule has 0 aromatic rings. The van der Waals surface area contributed by atoms with Crippen LogP contribution in [-0.2, 0) is 9.53 Å². The van der Waals surface area contributed by atoms with Gasteiger partial charge >= 0.3 is 6.09 Å². The molecular weight excluding hydrogens is 268 g/mol. The minimum Gasteiger partial charge on any atom is -0.444 e. The molecule has 1 amide bonds. The van der Waals surface area contributed by atoms with Gasteiger partial charge in [0.25, 0.3) is 0 Å². The standard InChI is InChI=1S/C16H28N2O3/c1-5-9-18-10-6-13(19)16(18)7-11-17(12-8-16)14(20)21-15(2,3)4/h5-12H2,1-4H3. The lowest BCUT2D eigenvalue weighted by molar-refractivity contribution is -0.127. The van der Waals surface area contributed by atoms with E-state index >= 15 is 0 Å². The van der Waals surface area contributed by atoms with Crippen LogP contribution in [0.1, 0.15) is 53.4 Å². The summed E-state index contributed by atoms with van der Waals surface area (Å²) in [6, 6.07) is 0. The lowest BCUT2D eigenvalue weighted by Gasteiger charge is -2.43. The number of carbonyl (C=O) groups is 2. The second-order valence-corrected chi connectivity index (χ2v) is 7.16. The van der Waals surface area contributed by atoms with Gasteiger partial charge in [-0.1, -0.05) is 6.92 Å². The van der Waals surface area contributed by atoms with Crippen LogP contribution in [0.5, 0.6) is 0 Å². The maximum atomic E-state index is 12.4. The molecule has 5 heteroatoms. The van der Waals surface area contributed by atoms with Gasteiger partial charge in [-0.3, -0.25) is 9.69 Å². The number of carbonyl (C=O) groups excluding carboxylic acids is 2. The van der Waals surface area contributed by atoms with Crippen LogP contribution in [0.4, 0.5) is 4.79 Å². The number of rotatable bonds is 2. The van der Waals surface area contributed by atoms with Gasteiger partial charge in [0, 0.05) is 26.1 Å². The smallest absolute Gasteiger partial charge is 0.410 e. The van der Waals surface area contributed by atoms with Gasteiger partial charge in [0.2, 0.25) is 0 Å². The first-order valence-corrected chi connectivity index (χ1v) is 8.05. The van der Waals surface area contributed by atoms with Crippen LogP contribution >= 0.6 is 0 Å². The zero-order valence-corrected chi connectivity index (χ0v) is 13.8. The van der Waals surface area contributed by atoms with Crippen molar-refractivity contribution in [1.29, 1.82) is 0 Å². The van der Waals surface area contributed by atoms with Gasteiger partial charge in [-0.25, -0.2) is 4.79 Å². The van der Waals surface area contributed by atoms with E-state index in [0.29, 0.717) is 25.3 Å². The number of likely N-dealkylation sites (tertiary alicyclic amines) is 2. The predicted molar refractivity (Wildman–Crippen MR) is 81.3 cm³/mol. The highest BCUT2D eigenvalue weighted by Crippen LogP contribution is 2.36. The molecule has 2 heterocycles. The van der Waals surface area contributed by atoms with Gasteiger partial charge in [-0.05, 0) is 46.6 Å². The summed E-state index contributed by atoms with van der Waals surface area (Å²) in [4.78, 5) is 28.6. The van der Waals surface area contributed by atoms with Crippen LogP contribution in [0.15, 0.2) is 0 Å². The van der Waals surface area contributed by atoms with Crippen LogP contribution in [0.25, 0.3) is 0 Å². The van der Waals surface area contributed by atoms with Crippen LogP contribution in [0.3, 0.4) is 0 Å². The summed E-state index contributed by atoms with van der Waals surface area (Å²) in [5, 5.41) is 0. The third-order valence-corrected chi connectivity index (χ3v) is 4.47. The number of hydrogen-bond donors (Lipinski definition) is 0. The molecule has 0 radical (unpaired) electrons. The van der Waals surface area contributed by atoms with E-state index in [-0.39, 0.29) is 11.6 Å². The predicted octanol–water partition coefficient (Wildman–Crippen LogP) is 2.44. The Morgan fingerprint density at radius 3 is 2.38 bits per heavy atom. The third kappa shape index (κ3) is 3.39. The van der Waals surface area contributed by atoms with Crippen molar-refractivity contribution in [2.24, 2.45) is 0 Å². The molecule has 0 bridgehead atoms. The minimum absolute atomic E-state index is 0.259. The largest absolute Gasteiger partial charge is 0.444 e. The summed E-state index contributed by atoms with van der Waals surface area (Å²) in [7, 11) is 0. The summed E-state index contributed by atoms with van der Waals surface area (Å²) in [6.45, 7) is 10.8. The molecule has 120 valence electrons. The van der Waals surface area contributed by atoms with E-state index in [1.54, 1.807) is 4.90 Å². The van der Waals surface area contributed by atoms with Crippen LogP contribution in [0.2, 0.25) is 0 Å². The van der Waals surface area contributed by atoms with Crippen molar-refractivity contribution >= 4 is 11.9 Å². The summed E-state index contributed by atoms with van der Waals surface area (Å²) >= 11 is 0. The Hall–Kier alpha value is -1.10. The van der Waals surface area contributed by atoms with E-state index in [1.807, 2.05) is 20.8 Å². The lowest BCUT2D eigenvalue weighted by Crippen LogP contribution is -2.57. The molecule has 5 nitrogen and oxygen atoms in total. The van der Waals surface area contributed by atoms with Gasteiger partial charge in [-0.2, -0.15) is 0 Å². The number of ketones is 1. The average Bonchev–Trinajstić information content (AvgIpc) is 2.67. The zero-order valence-electron chi connectivity index (χ0n) is 13.8. The molecule has 2 aliphatic heterocycles. The van der Waals surface area contributed by atoms with E-state index in [4.69, 9.17) is 4.74 Å². The maximum Gasteiger partial charge on any atom is 0.410 e. The molecule has 1 spiro atoms. The van der Waals surface area contributed by atoms with Crippen molar-refractivity contribution < 1.29 is 14.3 Å². The number of amides is 1. The molecule has 0 unspecified atom stereocenters. The van der Waals surface area contributed by atoms with E-state index < -0.39 is 5.60 Å². The highest BCUT2D eigenvalue weighted by Gasteiger charge is 2.49. The van der Waals surface area contributed by atoms with E-state index in [9.17, 15) is 9.59 Å². The molecule has 0 atom stereocenters. The van der Waals surface area contributed by atoms with E-state index in [0.717, 1.165) is 32.4 Å². The first kappa shape index (κ1) is 16.3. The molecule has 2 saturated heterocycles. The Balaban J connectivity index is 1.98. The average molecular weight is 296 g/mol. The molecular formula is C16H28N2O3. The normalized spacial score (nSPS) is 22.9. The molecule has 2 rings (SSSR count). The van der Waals surface area contributed by atoms with Crippen molar-refractivity contribution in [3.8, 4) is 0 Å². The van der Waals surface area contributed by atoms with E-state index in [2.05, 4.69) is 11.8 Å². The highest BCUT2D eigenvalue weighted by atomic mass is 16.6. The molecule has 0 aromatic carbocycles. The summed E-state index contributed by atoms with van der Waals surface area (Å²) in [5.41, 5.74) is -0.780. The Morgan fingerprint density at radius 2 is 1.86 bits per heavy atom. The number of piperidine rings is 1. The molecule has 21 heavy (non-hydrogen) atoms. The van der Waals surface area contributed by atoms with Gasteiger partial charge in [0.1, 0.15) is 5.60 Å². The Labute approximate surface area is 127 Å². The van der Waals surface area contributed by atoms with Crippen molar-refractivity contribution in [3.05, 3.63) is 0 Å². The number of nitrogens with zero attached hydrogens (tertiary/aromatic N) is 2. The second-order valence-electron chi connectivity index (χ2n) is 7.16. The number of hydrogen-bond acceptors (Lipinski definition) is 4. The third-order valence-electron chi connectivity index (χ3n) is 4.47. The van der Waals surface area contributed by atoms with E-state index in [1.165, 1.54) is 0 Å². The van der Waals surface area contributed by atoms with Gasteiger partial charge in [0.05, 0.1) is 5.54 Å². The Morgan fingerprint density at radius 1 is 1.24 bits per heavy atom. The van der Waals surface area contributed by atoms with Crippen LogP contribution < -0.4 is 0 Å². The summed E-state index contributed by atoms with van der Waals surface area (Å²) in [6.07, 6.45) is 2.94. The molecule has 0 N–H and O–H groups in total. The lowest BCUT2D eigenvalue weighted by atomic mass is 9.84. The quantitative estimate of drug-likeness (QED) is 0.785. The van der Waals surface area contributed by atoms with Gasteiger partial charge < -0.3 is 9.64 Å². The van der Waals surface area contributed by atoms with Crippen LogP contribution in [0, 0.1) is 0 Å². The molecule has 0 aromatic heterocycles. The highest BCUT2D eigenvalue weighted by molar-refractivity contribution is 5.91. The fourth-order valence-corrected chi connectivity index (χ4v) is 3.44. The number of Topliss-reactive ketones (excluding diaryl/α,β-unsaturated/α-hetero) is 1. The first-order chi connectivity index (χ1) is 9.78. The fourth-order valence-electron chi connectivity index (χ4n) is 3.44. The fraction of sp³-hybridized carbons (Fsp3) is 0.875. The molecule has 2 fully saturated rings. The molecule has 0 aliphatic carbocycles. The van der Waals surface area contributed by atoms with Crippen molar-refractivity contribution in [2.45, 2.75) is 64.5 Å². The topological polar surface area (TPSA) is 49.9 Å². The Bertz CT molecular complexity index is 406. The number of ether oxygens (including phenoxy) is 1. The van der Waals surface area contributed by atoms with Crippen molar-refractivity contribution in [1.82, 2.24) is 9.80 Å². The summed E-state index contributed by atoms with van der Waals surface area (Å²) in [5.74, 6) is 0.361. The van der Waals surface area contributed by atoms with Gasteiger partial charge in [0.15, 0.2) is 5.78 Å². The maximum absolute atomic E-state index is 12.4. The first-order valence-electron chi connectivity index (χ1n) is 8.05. The monoisotopic (exact) mass is 296 g/mol. The second kappa shape index (κ2) is 5.95. The molecule has 0 saturated carbocycles. The van der Waals surface area contributed by atoms with Crippen LogP contribution in [-0.4, -0.2) is 59.0 Å². The minimum atomic E-state index is -0.469. The molecule has 2 aliphatic rings. The summed E-state index contributed by atoms with van der Waals surface area (Å²) < 4.78 is 5.42. The zero-order chi connectivity index (χ0) is 15.7. The van der Waals surface area contributed by atoms with Gasteiger partial charge in [-0.15, -0.1) is 0 Å². The van der Waals surface area contributed by atoms with Crippen molar-refractivity contribution in [3.63, 3.8) is 0 Å². The Kier molecular flexibility index (Phi) is 4.61. The van der Waals surface area contributed by atoms with Crippen molar-refractivity contribution in [2.75, 3.05) is 26.2 Å².